The topological polar surface area (TPSA) is 32.3 Å². The first kappa shape index (κ1) is 14.5. The SMILES string of the molecule is CCN1CCC(N(C)c2nc(C)c(C)nc2Cl)CC1. The van der Waals surface area contributed by atoms with Gasteiger partial charge in [0.15, 0.2) is 11.0 Å². The number of anilines is 1. The number of rotatable bonds is 3. The van der Waals surface area contributed by atoms with Crippen LogP contribution in [0.4, 0.5) is 5.82 Å². The number of nitrogens with zero attached hydrogens (tertiary/aromatic N) is 4. The van der Waals surface area contributed by atoms with Gasteiger partial charge >= 0.3 is 0 Å². The summed E-state index contributed by atoms with van der Waals surface area (Å²) in [5.41, 5.74) is 1.86. The second-order valence-electron chi connectivity index (χ2n) is 5.29. The molecule has 0 bridgehead atoms. The van der Waals surface area contributed by atoms with Crippen molar-refractivity contribution in [1.29, 1.82) is 0 Å². The van der Waals surface area contributed by atoms with Crippen molar-refractivity contribution in [3.63, 3.8) is 0 Å². The Labute approximate surface area is 120 Å². The quantitative estimate of drug-likeness (QED) is 0.853. The second kappa shape index (κ2) is 6.06. The molecule has 1 aliphatic rings. The third kappa shape index (κ3) is 3.18. The summed E-state index contributed by atoms with van der Waals surface area (Å²) >= 11 is 6.25. The minimum absolute atomic E-state index is 0.511. The summed E-state index contributed by atoms with van der Waals surface area (Å²) in [5, 5.41) is 0.517. The zero-order valence-corrected chi connectivity index (χ0v) is 13.0. The Morgan fingerprint density at radius 3 is 2.37 bits per heavy atom. The predicted molar refractivity (Wildman–Crippen MR) is 80.1 cm³/mol. The van der Waals surface area contributed by atoms with Gasteiger partial charge in [0.05, 0.1) is 11.4 Å². The molecule has 0 amide bonds. The molecule has 0 saturated carbocycles. The molecule has 0 N–H and O–H groups in total. The third-order valence-corrected chi connectivity index (χ3v) is 4.39. The molecule has 1 aromatic rings. The van der Waals surface area contributed by atoms with Gasteiger partial charge in [0.1, 0.15) is 0 Å². The standard InChI is InChI=1S/C14H23ClN4/c1-5-19-8-6-12(7-9-19)18(4)14-13(15)16-10(2)11(3)17-14/h12H,5-9H2,1-4H3. The van der Waals surface area contributed by atoms with Gasteiger partial charge in [-0.25, -0.2) is 9.97 Å². The average Bonchev–Trinajstić information content (AvgIpc) is 2.42. The van der Waals surface area contributed by atoms with Gasteiger partial charge in [0, 0.05) is 26.2 Å². The number of piperidine rings is 1. The van der Waals surface area contributed by atoms with E-state index in [1.54, 1.807) is 0 Å². The molecule has 1 fully saturated rings. The fourth-order valence-corrected chi connectivity index (χ4v) is 2.89. The van der Waals surface area contributed by atoms with Crippen LogP contribution in [0.5, 0.6) is 0 Å². The van der Waals surface area contributed by atoms with Gasteiger partial charge in [0.25, 0.3) is 0 Å². The summed E-state index contributed by atoms with van der Waals surface area (Å²) < 4.78 is 0. The maximum Gasteiger partial charge on any atom is 0.171 e. The Kier molecular flexibility index (Phi) is 4.63. The lowest BCUT2D eigenvalue weighted by molar-refractivity contribution is 0.220. The van der Waals surface area contributed by atoms with Gasteiger partial charge in [-0.3, -0.25) is 0 Å². The number of likely N-dealkylation sites (tertiary alicyclic amines) is 1. The summed E-state index contributed by atoms with van der Waals surface area (Å²) in [4.78, 5) is 13.7. The largest absolute Gasteiger partial charge is 0.354 e. The number of aromatic nitrogens is 2. The minimum atomic E-state index is 0.511. The first-order valence-electron chi connectivity index (χ1n) is 6.98. The molecule has 0 aromatic carbocycles. The molecule has 19 heavy (non-hydrogen) atoms. The van der Waals surface area contributed by atoms with Gasteiger partial charge in [-0.15, -0.1) is 0 Å². The molecule has 2 rings (SSSR count). The van der Waals surface area contributed by atoms with Crippen molar-refractivity contribution in [2.45, 2.75) is 39.7 Å². The molecule has 1 aliphatic heterocycles. The molecule has 0 aliphatic carbocycles. The van der Waals surface area contributed by atoms with E-state index >= 15 is 0 Å². The van der Waals surface area contributed by atoms with Crippen molar-refractivity contribution in [2.75, 3.05) is 31.6 Å². The van der Waals surface area contributed by atoms with Crippen LogP contribution in [0.3, 0.4) is 0 Å². The van der Waals surface area contributed by atoms with E-state index in [9.17, 15) is 0 Å². The average molecular weight is 283 g/mol. The molecule has 4 nitrogen and oxygen atoms in total. The van der Waals surface area contributed by atoms with Crippen LogP contribution in [0.15, 0.2) is 0 Å². The Balaban J connectivity index is 2.12. The normalized spacial score (nSPS) is 17.7. The Bertz CT molecular complexity index is 441. The molecule has 2 heterocycles. The molecule has 1 saturated heterocycles. The van der Waals surface area contributed by atoms with Gasteiger partial charge in [0.2, 0.25) is 0 Å². The van der Waals surface area contributed by atoms with E-state index < -0.39 is 0 Å². The first-order chi connectivity index (χ1) is 9.02. The molecule has 0 radical (unpaired) electrons. The molecule has 0 spiro atoms. The van der Waals surface area contributed by atoms with Crippen LogP contribution >= 0.6 is 11.6 Å². The van der Waals surface area contributed by atoms with Crippen molar-refractivity contribution in [3.8, 4) is 0 Å². The summed E-state index contributed by atoms with van der Waals surface area (Å²) in [6, 6.07) is 0.511. The zero-order valence-electron chi connectivity index (χ0n) is 12.3. The zero-order chi connectivity index (χ0) is 14.0. The minimum Gasteiger partial charge on any atom is -0.354 e. The van der Waals surface area contributed by atoms with E-state index in [4.69, 9.17) is 11.6 Å². The summed E-state index contributed by atoms with van der Waals surface area (Å²) in [7, 11) is 2.08. The van der Waals surface area contributed by atoms with Crippen molar-refractivity contribution in [3.05, 3.63) is 16.5 Å². The van der Waals surface area contributed by atoms with Crippen molar-refractivity contribution < 1.29 is 0 Å². The molecule has 5 heteroatoms. The maximum atomic E-state index is 6.25. The van der Waals surface area contributed by atoms with Gasteiger partial charge in [-0.2, -0.15) is 0 Å². The van der Waals surface area contributed by atoms with Crippen LogP contribution in [0, 0.1) is 13.8 Å². The smallest absolute Gasteiger partial charge is 0.171 e. The van der Waals surface area contributed by atoms with Gasteiger partial charge < -0.3 is 9.80 Å². The van der Waals surface area contributed by atoms with Crippen LogP contribution in [-0.4, -0.2) is 47.6 Å². The lowest BCUT2D eigenvalue weighted by atomic mass is 10.0. The predicted octanol–water partition coefficient (Wildman–Crippen LogP) is 2.67. The first-order valence-corrected chi connectivity index (χ1v) is 7.36. The molecule has 0 atom stereocenters. The van der Waals surface area contributed by atoms with Gasteiger partial charge in [-0.1, -0.05) is 18.5 Å². The lowest BCUT2D eigenvalue weighted by Crippen LogP contribution is -2.43. The summed E-state index contributed by atoms with van der Waals surface area (Å²) in [6.07, 6.45) is 2.32. The molecule has 0 unspecified atom stereocenters. The number of hydrogen-bond acceptors (Lipinski definition) is 4. The maximum absolute atomic E-state index is 6.25. The fraction of sp³-hybridized carbons (Fsp3) is 0.714. The highest BCUT2D eigenvalue weighted by Gasteiger charge is 2.24. The van der Waals surface area contributed by atoms with Crippen molar-refractivity contribution in [2.24, 2.45) is 0 Å². The Morgan fingerprint density at radius 1 is 1.21 bits per heavy atom. The second-order valence-corrected chi connectivity index (χ2v) is 5.64. The molecular formula is C14H23ClN4. The highest BCUT2D eigenvalue weighted by molar-refractivity contribution is 6.31. The van der Waals surface area contributed by atoms with E-state index in [1.165, 1.54) is 0 Å². The monoisotopic (exact) mass is 282 g/mol. The highest BCUT2D eigenvalue weighted by atomic mass is 35.5. The Morgan fingerprint density at radius 2 is 1.79 bits per heavy atom. The van der Waals surface area contributed by atoms with Crippen LogP contribution < -0.4 is 4.90 Å². The van der Waals surface area contributed by atoms with E-state index in [1.807, 2.05) is 13.8 Å². The van der Waals surface area contributed by atoms with E-state index in [-0.39, 0.29) is 0 Å². The number of halogens is 1. The fourth-order valence-electron chi connectivity index (χ4n) is 2.58. The summed E-state index contributed by atoms with van der Waals surface area (Å²) in [6.45, 7) is 9.59. The Hall–Kier alpha value is -0.870. The van der Waals surface area contributed by atoms with Gasteiger partial charge in [-0.05, 0) is 33.2 Å². The summed E-state index contributed by atoms with van der Waals surface area (Å²) in [5.74, 6) is 0.819. The van der Waals surface area contributed by atoms with E-state index in [0.29, 0.717) is 11.2 Å². The van der Waals surface area contributed by atoms with E-state index in [2.05, 4.69) is 33.7 Å². The van der Waals surface area contributed by atoms with Crippen LogP contribution in [0.2, 0.25) is 5.15 Å². The van der Waals surface area contributed by atoms with Crippen LogP contribution in [-0.2, 0) is 0 Å². The van der Waals surface area contributed by atoms with Crippen LogP contribution in [0.1, 0.15) is 31.2 Å². The number of hydrogen-bond donors (Lipinski definition) is 0. The van der Waals surface area contributed by atoms with Crippen molar-refractivity contribution in [1.82, 2.24) is 14.9 Å². The lowest BCUT2D eigenvalue weighted by Gasteiger charge is -2.37. The molecule has 106 valence electrons. The third-order valence-electron chi connectivity index (χ3n) is 4.13. The molecule has 1 aromatic heterocycles. The molecular weight excluding hydrogens is 260 g/mol. The highest BCUT2D eigenvalue weighted by Crippen LogP contribution is 2.26. The van der Waals surface area contributed by atoms with Crippen LogP contribution in [0.25, 0.3) is 0 Å². The number of aryl methyl sites for hydroxylation is 2. The van der Waals surface area contributed by atoms with E-state index in [0.717, 1.165) is 49.7 Å². The van der Waals surface area contributed by atoms with Crippen molar-refractivity contribution >= 4 is 17.4 Å².